The van der Waals surface area contributed by atoms with Gasteiger partial charge in [-0.05, 0) is 37.6 Å². The lowest BCUT2D eigenvalue weighted by molar-refractivity contribution is 0.174. The Morgan fingerprint density at radius 3 is 2.40 bits per heavy atom. The van der Waals surface area contributed by atoms with Crippen LogP contribution < -0.4 is 10.5 Å². The second-order valence-electron chi connectivity index (χ2n) is 5.99. The van der Waals surface area contributed by atoms with Gasteiger partial charge in [0.25, 0.3) is 0 Å². The number of likely N-dealkylation sites (N-methyl/N-ethyl adjacent to an activating group) is 1. The lowest BCUT2D eigenvalue weighted by Crippen LogP contribution is -2.46. The van der Waals surface area contributed by atoms with Gasteiger partial charge in [-0.3, -0.25) is 4.90 Å². The van der Waals surface area contributed by atoms with E-state index in [-0.39, 0.29) is 0 Å². The maximum absolute atomic E-state index is 6.39. The van der Waals surface area contributed by atoms with Gasteiger partial charge < -0.3 is 10.5 Å². The van der Waals surface area contributed by atoms with Crippen molar-refractivity contribution in [2.75, 3.05) is 14.2 Å². The molecule has 1 aromatic carbocycles. The summed E-state index contributed by atoms with van der Waals surface area (Å²) < 4.78 is 5.20. The van der Waals surface area contributed by atoms with Crippen LogP contribution in [-0.4, -0.2) is 31.1 Å². The van der Waals surface area contributed by atoms with E-state index in [0.717, 1.165) is 18.7 Å². The van der Waals surface area contributed by atoms with Crippen molar-refractivity contribution in [1.82, 2.24) is 4.90 Å². The summed E-state index contributed by atoms with van der Waals surface area (Å²) in [6.45, 7) is 0.961. The SMILES string of the molecule is COc1ccc(CN(C)C2CCCCCCC2N)cc1. The first-order valence-electron chi connectivity index (χ1n) is 7.79. The predicted octanol–water partition coefficient (Wildman–Crippen LogP) is 3.18. The van der Waals surface area contributed by atoms with Gasteiger partial charge in [0, 0.05) is 18.6 Å². The van der Waals surface area contributed by atoms with Gasteiger partial charge in [-0.25, -0.2) is 0 Å². The normalized spacial score (nSPS) is 24.2. The zero-order valence-electron chi connectivity index (χ0n) is 12.8. The van der Waals surface area contributed by atoms with Gasteiger partial charge >= 0.3 is 0 Å². The molecule has 2 atom stereocenters. The quantitative estimate of drug-likeness (QED) is 0.918. The molecule has 0 saturated heterocycles. The van der Waals surface area contributed by atoms with Crippen molar-refractivity contribution in [1.29, 1.82) is 0 Å². The molecule has 1 aliphatic rings. The van der Waals surface area contributed by atoms with E-state index in [0.29, 0.717) is 12.1 Å². The monoisotopic (exact) mass is 276 g/mol. The molecule has 2 unspecified atom stereocenters. The molecule has 0 aliphatic heterocycles. The molecule has 0 radical (unpaired) electrons. The Kier molecular flexibility index (Phi) is 5.86. The number of ether oxygens (including phenoxy) is 1. The fourth-order valence-corrected chi connectivity index (χ4v) is 3.18. The van der Waals surface area contributed by atoms with Gasteiger partial charge in [-0.2, -0.15) is 0 Å². The smallest absolute Gasteiger partial charge is 0.118 e. The molecule has 1 fully saturated rings. The Labute approximate surface area is 123 Å². The molecular weight excluding hydrogens is 248 g/mol. The first-order valence-corrected chi connectivity index (χ1v) is 7.79. The van der Waals surface area contributed by atoms with E-state index in [1.807, 2.05) is 12.1 Å². The second kappa shape index (κ2) is 7.65. The molecule has 1 aromatic rings. The average Bonchev–Trinajstić information content (AvgIpc) is 2.44. The summed E-state index contributed by atoms with van der Waals surface area (Å²) in [5, 5.41) is 0. The zero-order valence-corrected chi connectivity index (χ0v) is 12.8. The number of rotatable bonds is 4. The van der Waals surface area contributed by atoms with E-state index in [1.165, 1.54) is 37.7 Å². The van der Waals surface area contributed by atoms with Crippen LogP contribution >= 0.6 is 0 Å². The van der Waals surface area contributed by atoms with Crippen LogP contribution in [0.4, 0.5) is 0 Å². The second-order valence-corrected chi connectivity index (χ2v) is 5.99. The largest absolute Gasteiger partial charge is 0.497 e. The molecule has 3 nitrogen and oxygen atoms in total. The fourth-order valence-electron chi connectivity index (χ4n) is 3.18. The van der Waals surface area contributed by atoms with Crippen LogP contribution in [0, 0.1) is 0 Å². The number of hydrogen-bond acceptors (Lipinski definition) is 3. The van der Waals surface area contributed by atoms with Gasteiger partial charge in [-0.1, -0.05) is 37.8 Å². The summed E-state index contributed by atoms with van der Waals surface area (Å²) in [6.07, 6.45) is 7.70. The van der Waals surface area contributed by atoms with Crippen LogP contribution in [0.1, 0.15) is 44.1 Å². The van der Waals surface area contributed by atoms with Crippen LogP contribution in [-0.2, 0) is 6.54 Å². The molecule has 0 spiro atoms. The Morgan fingerprint density at radius 1 is 1.10 bits per heavy atom. The third-order valence-electron chi connectivity index (χ3n) is 4.44. The van der Waals surface area contributed by atoms with Crippen LogP contribution in [0.3, 0.4) is 0 Å². The molecule has 0 aromatic heterocycles. The lowest BCUT2D eigenvalue weighted by atomic mass is 9.92. The highest BCUT2D eigenvalue weighted by Crippen LogP contribution is 2.22. The van der Waals surface area contributed by atoms with Crippen molar-refractivity contribution in [2.45, 2.75) is 57.2 Å². The Bertz CT molecular complexity index is 390. The number of benzene rings is 1. The minimum atomic E-state index is 0.318. The minimum Gasteiger partial charge on any atom is -0.497 e. The van der Waals surface area contributed by atoms with Gasteiger partial charge in [0.05, 0.1) is 7.11 Å². The third-order valence-corrected chi connectivity index (χ3v) is 4.44. The third kappa shape index (κ3) is 4.22. The number of methoxy groups -OCH3 is 1. The van der Waals surface area contributed by atoms with E-state index in [2.05, 4.69) is 24.1 Å². The fraction of sp³-hybridized carbons (Fsp3) is 0.647. The maximum atomic E-state index is 6.39. The molecule has 1 aliphatic carbocycles. The average molecular weight is 276 g/mol. The highest BCUT2D eigenvalue weighted by molar-refractivity contribution is 5.27. The van der Waals surface area contributed by atoms with Crippen molar-refractivity contribution < 1.29 is 4.74 Å². The number of nitrogens with two attached hydrogens (primary N) is 1. The van der Waals surface area contributed by atoms with Crippen molar-refractivity contribution in [3.63, 3.8) is 0 Å². The van der Waals surface area contributed by atoms with E-state index in [4.69, 9.17) is 10.5 Å². The molecule has 2 N–H and O–H groups in total. The Morgan fingerprint density at radius 2 is 1.75 bits per heavy atom. The lowest BCUT2D eigenvalue weighted by Gasteiger charge is -2.34. The molecule has 0 heterocycles. The van der Waals surface area contributed by atoms with Crippen LogP contribution in [0.25, 0.3) is 0 Å². The van der Waals surface area contributed by atoms with E-state index >= 15 is 0 Å². The molecule has 0 bridgehead atoms. The van der Waals surface area contributed by atoms with E-state index in [1.54, 1.807) is 7.11 Å². The summed E-state index contributed by atoms with van der Waals surface area (Å²) in [5.41, 5.74) is 7.71. The predicted molar refractivity (Wildman–Crippen MR) is 83.9 cm³/mol. The Hall–Kier alpha value is -1.06. The van der Waals surface area contributed by atoms with Crippen molar-refractivity contribution in [3.05, 3.63) is 29.8 Å². The first kappa shape index (κ1) is 15.3. The van der Waals surface area contributed by atoms with Crippen molar-refractivity contribution >= 4 is 0 Å². The Balaban J connectivity index is 1.95. The first-order chi connectivity index (χ1) is 9.70. The van der Waals surface area contributed by atoms with Crippen molar-refractivity contribution in [2.24, 2.45) is 5.73 Å². The molecule has 1 saturated carbocycles. The van der Waals surface area contributed by atoms with E-state index < -0.39 is 0 Å². The van der Waals surface area contributed by atoms with E-state index in [9.17, 15) is 0 Å². The zero-order chi connectivity index (χ0) is 14.4. The highest BCUT2D eigenvalue weighted by atomic mass is 16.5. The maximum Gasteiger partial charge on any atom is 0.118 e. The summed E-state index contributed by atoms with van der Waals surface area (Å²) >= 11 is 0. The van der Waals surface area contributed by atoms with Crippen LogP contribution in [0.2, 0.25) is 0 Å². The van der Waals surface area contributed by atoms with Gasteiger partial charge in [-0.15, -0.1) is 0 Å². The van der Waals surface area contributed by atoms with Gasteiger partial charge in [0.1, 0.15) is 5.75 Å². The highest BCUT2D eigenvalue weighted by Gasteiger charge is 2.23. The van der Waals surface area contributed by atoms with Gasteiger partial charge in [0.2, 0.25) is 0 Å². The summed E-state index contributed by atoms with van der Waals surface area (Å²) in [7, 11) is 3.91. The standard InChI is InChI=1S/C17H28N2O/c1-19(13-14-9-11-15(20-2)12-10-14)17-8-6-4-3-5-7-16(17)18/h9-12,16-17H,3-8,13,18H2,1-2H3. The molecule has 3 heteroatoms. The van der Waals surface area contributed by atoms with Crippen LogP contribution in [0.15, 0.2) is 24.3 Å². The summed E-state index contributed by atoms with van der Waals surface area (Å²) in [6, 6.07) is 9.17. The molecular formula is C17H28N2O. The molecule has 112 valence electrons. The topological polar surface area (TPSA) is 38.5 Å². The van der Waals surface area contributed by atoms with Crippen LogP contribution in [0.5, 0.6) is 5.75 Å². The summed E-state index contributed by atoms with van der Waals surface area (Å²) in [4.78, 5) is 2.43. The molecule has 0 amide bonds. The van der Waals surface area contributed by atoms with Crippen molar-refractivity contribution in [3.8, 4) is 5.75 Å². The minimum absolute atomic E-state index is 0.318. The molecule has 2 rings (SSSR count). The number of hydrogen-bond donors (Lipinski definition) is 1. The molecule has 20 heavy (non-hydrogen) atoms. The summed E-state index contributed by atoms with van der Waals surface area (Å²) in [5.74, 6) is 0.916. The van der Waals surface area contributed by atoms with Gasteiger partial charge in [0.15, 0.2) is 0 Å². The number of nitrogens with zero attached hydrogens (tertiary/aromatic N) is 1.